The van der Waals surface area contributed by atoms with Gasteiger partial charge in [-0.3, -0.25) is 0 Å². The molecule has 0 aliphatic rings. The first-order valence-electron chi connectivity index (χ1n) is 5.33. The molecule has 1 aromatic heterocycles. The van der Waals surface area contributed by atoms with Crippen molar-refractivity contribution in [2.75, 3.05) is 6.54 Å². The van der Waals surface area contributed by atoms with Crippen LogP contribution >= 0.6 is 0 Å². The maximum Gasteiger partial charge on any atom is 0.0511 e. The number of rotatable bonds is 2. The lowest BCUT2D eigenvalue weighted by Crippen LogP contribution is -2.34. The molecule has 0 amide bonds. The summed E-state index contributed by atoms with van der Waals surface area (Å²) >= 11 is 0. The van der Waals surface area contributed by atoms with Crippen molar-refractivity contribution in [2.24, 2.45) is 5.73 Å². The van der Waals surface area contributed by atoms with Crippen LogP contribution in [0.4, 0.5) is 0 Å². The van der Waals surface area contributed by atoms with Crippen molar-refractivity contribution in [2.45, 2.75) is 26.3 Å². The molecule has 0 radical (unpaired) electrons. The number of hydrogen-bond donors (Lipinski definition) is 1. The summed E-state index contributed by atoms with van der Waals surface area (Å²) in [5.74, 6) is 0. The maximum absolute atomic E-state index is 5.81. The number of aromatic nitrogens is 1. The quantitative estimate of drug-likeness (QED) is 0.797. The summed E-state index contributed by atoms with van der Waals surface area (Å²) in [6.45, 7) is 7.08. The van der Waals surface area contributed by atoms with Crippen LogP contribution in [0.5, 0.6) is 0 Å². The fraction of sp³-hybridized carbons (Fsp3) is 0.385. The summed E-state index contributed by atoms with van der Waals surface area (Å²) in [4.78, 5) is 0. The lowest BCUT2D eigenvalue weighted by molar-refractivity contribution is 0.379. The predicted molar refractivity (Wildman–Crippen MR) is 65.1 cm³/mol. The minimum Gasteiger partial charge on any atom is -0.341 e. The molecule has 0 aliphatic heterocycles. The Kier molecular flexibility index (Phi) is 2.31. The Bertz CT molecular complexity index is 480. The Hall–Kier alpha value is -1.28. The molecule has 15 heavy (non-hydrogen) atoms. The lowest BCUT2D eigenvalue weighted by Gasteiger charge is -2.26. The third-order valence-corrected chi connectivity index (χ3v) is 3.00. The number of nitrogens with two attached hydrogens (primary N) is 1. The smallest absolute Gasteiger partial charge is 0.0511 e. The van der Waals surface area contributed by atoms with E-state index in [1.54, 1.807) is 0 Å². The van der Waals surface area contributed by atoms with Crippen LogP contribution in [-0.2, 0) is 5.54 Å². The Morgan fingerprint density at radius 3 is 2.67 bits per heavy atom. The van der Waals surface area contributed by atoms with Gasteiger partial charge in [0, 0.05) is 18.3 Å². The number of aryl methyl sites for hydroxylation is 1. The highest BCUT2D eigenvalue weighted by molar-refractivity contribution is 5.81. The van der Waals surface area contributed by atoms with Gasteiger partial charge in [0.25, 0.3) is 0 Å². The van der Waals surface area contributed by atoms with Gasteiger partial charge in [0.2, 0.25) is 0 Å². The lowest BCUT2D eigenvalue weighted by atomic mass is 10.1. The topological polar surface area (TPSA) is 30.9 Å². The van der Waals surface area contributed by atoms with Gasteiger partial charge in [0.1, 0.15) is 0 Å². The van der Waals surface area contributed by atoms with E-state index in [1.807, 2.05) is 0 Å². The zero-order chi connectivity index (χ0) is 11.1. The fourth-order valence-corrected chi connectivity index (χ4v) is 1.86. The van der Waals surface area contributed by atoms with E-state index in [4.69, 9.17) is 5.73 Å². The highest BCUT2D eigenvalue weighted by Gasteiger charge is 2.19. The van der Waals surface area contributed by atoms with Crippen molar-refractivity contribution in [1.82, 2.24) is 4.57 Å². The molecule has 0 saturated heterocycles. The van der Waals surface area contributed by atoms with Crippen LogP contribution in [0.3, 0.4) is 0 Å². The summed E-state index contributed by atoms with van der Waals surface area (Å²) < 4.78 is 2.26. The molecule has 0 fully saturated rings. The molecule has 2 aromatic rings. The molecule has 0 atom stereocenters. The van der Waals surface area contributed by atoms with Crippen molar-refractivity contribution in [3.63, 3.8) is 0 Å². The monoisotopic (exact) mass is 202 g/mol. The summed E-state index contributed by atoms with van der Waals surface area (Å²) in [7, 11) is 0. The van der Waals surface area contributed by atoms with Crippen LogP contribution in [0, 0.1) is 6.92 Å². The first-order valence-corrected chi connectivity index (χ1v) is 5.33. The summed E-state index contributed by atoms with van der Waals surface area (Å²) in [6, 6.07) is 8.66. The second kappa shape index (κ2) is 3.38. The summed E-state index contributed by atoms with van der Waals surface area (Å²) in [5.41, 5.74) is 8.34. The Labute approximate surface area is 90.7 Å². The van der Waals surface area contributed by atoms with Crippen LogP contribution in [0.2, 0.25) is 0 Å². The van der Waals surface area contributed by atoms with Crippen molar-refractivity contribution in [3.05, 3.63) is 36.0 Å². The zero-order valence-electron chi connectivity index (χ0n) is 9.62. The van der Waals surface area contributed by atoms with Gasteiger partial charge in [-0.1, -0.05) is 12.1 Å². The molecule has 2 nitrogen and oxygen atoms in total. The SMILES string of the molecule is Cc1ccc2ccn(C(C)(C)CN)c2c1. The van der Waals surface area contributed by atoms with Gasteiger partial charge in [-0.25, -0.2) is 0 Å². The Morgan fingerprint density at radius 2 is 2.00 bits per heavy atom. The molecule has 0 aliphatic carbocycles. The van der Waals surface area contributed by atoms with Crippen LogP contribution in [0.15, 0.2) is 30.5 Å². The second-order valence-electron chi connectivity index (χ2n) is 4.76. The van der Waals surface area contributed by atoms with E-state index in [1.165, 1.54) is 16.5 Å². The van der Waals surface area contributed by atoms with E-state index in [9.17, 15) is 0 Å². The number of fused-ring (bicyclic) bond motifs is 1. The molecule has 0 unspecified atom stereocenters. The summed E-state index contributed by atoms with van der Waals surface area (Å²) in [6.07, 6.45) is 2.12. The van der Waals surface area contributed by atoms with E-state index in [-0.39, 0.29) is 5.54 Å². The number of benzene rings is 1. The first-order chi connectivity index (χ1) is 7.04. The minimum absolute atomic E-state index is 0.0183. The predicted octanol–water partition coefficient (Wildman–Crippen LogP) is 2.64. The normalized spacial score (nSPS) is 12.3. The molecule has 2 N–H and O–H groups in total. The van der Waals surface area contributed by atoms with Crippen molar-refractivity contribution >= 4 is 10.9 Å². The fourth-order valence-electron chi connectivity index (χ4n) is 1.86. The maximum atomic E-state index is 5.81. The highest BCUT2D eigenvalue weighted by Crippen LogP contribution is 2.24. The Balaban J connectivity index is 2.67. The van der Waals surface area contributed by atoms with Crippen molar-refractivity contribution in [1.29, 1.82) is 0 Å². The van der Waals surface area contributed by atoms with Crippen LogP contribution in [0.25, 0.3) is 10.9 Å². The molecule has 1 aromatic carbocycles. The minimum atomic E-state index is -0.0183. The second-order valence-corrected chi connectivity index (χ2v) is 4.76. The molecular weight excluding hydrogens is 184 g/mol. The molecule has 80 valence electrons. The van der Waals surface area contributed by atoms with Crippen LogP contribution in [0.1, 0.15) is 19.4 Å². The van der Waals surface area contributed by atoms with Crippen LogP contribution in [-0.4, -0.2) is 11.1 Å². The molecule has 0 bridgehead atoms. The molecular formula is C13H18N2. The molecule has 2 rings (SSSR count). The molecule has 2 heteroatoms. The third-order valence-electron chi connectivity index (χ3n) is 3.00. The van der Waals surface area contributed by atoms with E-state index < -0.39 is 0 Å². The van der Waals surface area contributed by atoms with Crippen LogP contribution < -0.4 is 5.73 Å². The van der Waals surface area contributed by atoms with Gasteiger partial charge in [-0.05, 0) is 43.9 Å². The van der Waals surface area contributed by atoms with Crippen molar-refractivity contribution < 1.29 is 0 Å². The third kappa shape index (κ3) is 1.65. The van der Waals surface area contributed by atoms with E-state index in [2.05, 4.69) is 55.8 Å². The van der Waals surface area contributed by atoms with E-state index in [0.29, 0.717) is 6.54 Å². The van der Waals surface area contributed by atoms with Gasteiger partial charge in [-0.2, -0.15) is 0 Å². The Morgan fingerprint density at radius 1 is 1.27 bits per heavy atom. The number of nitrogens with zero attached hydrogens (tertiary/aromatic N) is 1. The van der Waals surface area contributed by atoms with E-state index in [0.717, 1.165) is 0 Å². The van der Waals surface area contributed by atoms with Gasteiger partial charge < -0.3 is 10.3 Å². The van der Waals surface area contributed by atoms with Gasteiger partial charge >= 0.3 is 0 Å². The standard InChI is InChI=1S/C13H18N2/c1-10-4-5-11-6-7-15(12(11)8-10)13(2,3)9-14/h4-8H,9,14H2,1-3H3. The van der Waals surface area contributed by atoms with E-state index >= 15 is 0 Å². The molecule has 0 spiro atoms. The van der Waals surface area contributed by atoms with Gasteiger partial charge in [0.15, 0.2) is 0 Å². The largest absolute Gasteiger partial charge is 0.341 e. The van der Waals surface area contributed by atoms with Gasteiger partial charge in [-0.15, -0.1) is 0 Å². The van der Waals surface area contributed by atoms with Gasteiger partial charge in [0.05, 0.1) is 5.54 Å². The zero-order valence-corrected chi connectivity index (χ0v) is 9.62. The molecule has 1 heterocycles. The number of hydrogen-bond acceptors (Lipinski definition) is 1. The average molecular weight is 202 g/mol. The summed E-state index contributed by atoms with van der Waals surface area (Å²) in [5, 5.41) is 1.28. The highest BCUT2D eigenvalue weighted by atomic mass is 15.1. The average Bonchev–Trinajstić information content (AvgIpc) is 2.61. The first kappa shape index (κ1) is 10.2. The molecule has 0 saturated carbocycles. The van der Waals surface area contributed by atoms with Crippen molar-refractivity contribution in [3.8, 4) is 0 Å².